The minimum Gasteiger partial charge on any atom is -0.496 e. The van der Waals surface area contributed by atoms with Crippen LogP contribution in [0.4, 0.5) is 0 Å². The largest absolute Gasteiger partial charge is 0.496 e. The standard InChI is InChI=1S/C13H20ClNO/c1-13(2,15)8-4-5-10-9-11(14)6-7-12(10)16-3/h6-7,9H,4-5,8,15H2,1-3H3. The molecule has 0 aromatic heterocycles. The SMILES string of the molecule is COc1ccc(Cl)cc1CCCC(C)(C)N. The van der Waals surface area contributed by atoms with Gasteiger partial charge in [0.25, 0.3) is 0 Å². The molecule has 0 atom stereocenters. The first-order valence-corrected chi connectivity index (χ1v) is 5.91. The third kappa shape index (κ3) is 4.42. The number of halogens is 1. The molecule has 1 aromatic rings. The molecular weight excluding hydrogens is 222 g/mol. The minimum absolute atomic E-state index is 0.105. The summed E-state index contributed by atoms with van der Waals surface area (Å²) in [6, 6.07) is 5.71. The fourth-order valence-electron chi connectivity index (χ4n) is 1.68. The fourth-order valence-corrected chi connectivity index (χ4v) is 1.87. The third-order valence-electron chi connectivity index (χ3n) is 2.51. The van der Waals surface area contributed by atoms with Crippen molar-refractivity contribution in [3.63, 3.8) is 0 Å². The maximum Gasteiger partial charge on any atom is 0.122 e. The first-order valence-electron chi connectivity index (χ1n) is 5.54. The van der Waals surface area contributed by atoms with Crippen LogP contribution in [0.5, 0.6) is 5.75 Å². The average Bonchev–Trinajstić information content (AvgIpc) is 2.16. The van der Waals surface area contributed by atoms with Crippen LogP contribution in [0, 0.1) is 0 Å². The molecule has 16 heavy (non-hydrogen) atoms. The molecule has 0 saturated carbocycles. The maximum atomic E-state index is 5.96. The van der Waals surface area contributed by atoms with E-state index in [2.05, 4.69) is 0 Å². The maximum absolute atomic E-state index is 5.96. The Kier molecular flexibility index (Phi) is 4.63. The van der Waals surface area contributed by atoms with Gasteiger partial charge >= 0.3 is 0 Å². The third-order valence-corrected chi connectivity index (χ3v) is 2.74. The molecule has 90 valence electrons. The lowest BCUT2D eigenvalue weighted by Gasteiger charge is -2.18. The number of rotatable bonds is 5. The highest BCUT2D eigenvalue weighted by Gasteiger charge is 2.11. The van der Waals surface area contributed by atoms with E-state index < -0.39 is 0 Å². The molecule has 0 fully saturated rings. The number of hydrogen-bond donors (Lipinski definition) is 1. The number of benzene rings is 1. The van der Waals surface area contributed by atoms with Gasteiger partial charge < -0.3 is 10.5 Å². The van der Waals surface area contributed by atoms with Crippen molar-refractivity contribution in [1.29, 1.82) is 0 Å². The molecule has 0 bridgehead atoms. The lowest BCUT2D eigenvalue weighted by molar-refractivity contribution is 0.405. The van der Waals surface area contributed by atoms with Crippen molar-refractivity contribution in [2.24, 2.45) is 5.73 Å². The smallest absolute Gasteiger partial charge is 0.122 e. The van der Waals surface area contributed by atoms with E-state index in [0.29, 0.717) is 0 Å². The molecule has 0 amide bonds. The van der Waals surface area contributed by atoms with E-state index in [-0.39, 0.29) is 5.54 Å². The second-order valence-electron chi connectivity index (χ2n) is 4.80. The highest BCUT2D eigenvalue weighted by Crippen LogP contribution is 2.24. The Bertz CT molecular complexity index is 344. The van der Waals surface area contributed by atoms with Crippen molar-refractivity contribution in [2.45, 2.75) is 38.6 Å². The number of hydrogen-bond acceptors (Lipinski definition) is 2. The van der Waals surface area contributed by atoms with Crippen LogP contribution < -0.4 is 10.5 Å². The Morgan fingerprint density at radius 1 is 1.38 bits per heavy atom. The molecule has 1 rings (SSSR count). The van der Waals surface area contributed by atoms with Crippen molar-refractivity contribution in [1.82, 2.24) is 0 Å². The van der Waals surface area contributed by atoms with Crippen LogP contribution >= 0.6 is 11.6 Å². The van der Waals surface area contributed by atoms with Gasteiger partial charge in [0.05, 0.1) is 7.11 Å². The van der Waals surface area contributed by atoms with Gasteiger partial charge in [-0.2, -0.15) is 0 Å². The van der Waals surface area contributed by atoms with Crippen molar-refractivity contribution in [3.8, 4) is 5.75 Å². The molecule has 3 heteroatoms. The summed E-state index contributed by atoms with van der Waals surface area (Å²) in [6.45, 7) is 4.09. The van der Waals surface area contributed by atoms with Crippen LogP contribution in [0.3, 0.4) is 0 Å². The molecule has 0 radical (unpaired) electrons. The predicted octanol–water partition coefficient (Wildman–Crippen LogP) is 3.41. The molecule has 0 aliphatic carbocycles. The van der Waals surface area contributed by atoms with Crippen LogP contribution in [-0.4, -0.2) is 12.6 Å². The van der Waals surface area contributed by atoms with Crippen LogP contribution in [0.15, 0.2) is 18.2 Å². The van der Waals surface area contributed by atoms with Gasteiger partial charge in [0.2, 0.25) is 0 Å². The number of aryl methyl sites for hydroxylation is 1. The van der Waals surface area contributed by atoms with Crippen LogP contribution in [0.25, 0.3) is 0 Å². The molecule has 2 N–H and O–H groups in total. The second kappa shape index (κ2) is 5.55. The van der Waals surface area contributed by atoms with Crippen molar-refractivity contribution in [3.05, 3.63) is 28.8 Å². The quantitative estimate of drug-likeness (QED) is 0.858. The van der Waals surface area contributed by atoms with Crippen LogP contribution in [-0.2, 0) is 6.42 Å². The monoisotopic (exact) mass is 241 g/mol. The Morgan fingerprint density at radius 3 is 2.62 bits per heavy atom. The normalized spacial score (nSPS) is 11.6. The fraction of sp³-hybridized carbons (Fsp3) is 0.538. The van der Waals surface area contributed by atoms with Crippen molar-refractivity contribution >= 4 is 11.6 Å². The minimum atomic E-state index is -0.105. The molecule has 2 nitrogen and oxygen atoms in total. The lowest BCUT2D eigenvalue weighted by Crippen LogP contribution is -2.31. The molecule has 0 aliphatic heterocycles. The lowest BCUT2D eigenvalue weighted by atomic mass is 9.96. The van der Waals surface area contributed by atoms with Crippen LogP contribution in [0.1, 0.15) is 32.3 Å². The summed E-state index contributed by atoms with van der Waals surface area (Å²) in [6.07, 6.45) is 2.98. The highest BCUT2D eigenvalue weighted by atomic mass is 35.5. The van der Waals surface area contributed by atoms with Gasteiger partial charge in [0, 0.05) is 10.6 Å². The summed E-state index contributed by atoms with van der Waals surface area (Å²) in [5, 5.41) is 0.753. The second-order valence-corrected chi connectivity index (χ2v) is 5.23. The molecular formula is C13H20ClNO. The summed E-state index contributed by atoms with van der Waals surface area (Å²) >= 11 is 5.96. The summed E-state index contributed by atoms with van der Waals surface area (Å²) < 4.78 is 5.29. The van der Waals surface area contributed by atoms with Crippen molar-refractivity contribution < 1.29 is 4.74 Å². The Hall–Kier alpha value is -0.730. The summed E-state index contributed by atoms with van der Waals surface area (Å²) in [7, 11) is 1.68. The van der Waals surface area contributed by atoms with E-state index in [0.717, 1.165) is 35.6 Å². The predicted molar refractivity (Wildman–Crippen MR) is 69.2 cm³/mol. The van der Waals surface area contributed by atoms with Gasteiger partial charge in [-0.25, -0.2) is 0 Å². The van der Waals surface area contributed by atoms with Gasteiger partial charge in [0.1, 0.15) is 5.75 Å². The summed E-state index contributed by atoms with van der Waals surface area (Å²) in [4.78, 5) is 0. The van der Waals surface area contributed by atoms with E-state index in [9.17, 15) is 0 Å². The summed E-state index contributed by atoms with van der Waals surface area (Å²) in [5.74, 6) is 0.902. The van der Waals surface area contributed by atoms with Crippen LogP contribution in [0.2, 0.25) is 5.02 Å². The Balaban J connectivity index is 2.62. The zero-order valence-corrected chi connectivity index (χ0v) is 11.0. The number of nitrogens with two attached hydrogens (primary N) is 1. The topological polar surface area (TPSA) is 35.2 Å². The molecule has 1 aromatic carbocycles. The van der Waals surface area contributed by atoms with E-state index >= 15 is 0 Å². The molecule has 0 spiro atoms. The van der Waals surface area contributed by atoms with E-state index in [4.69, 9.17) is 22.1 Å². The molecule has 0 heterocycles. The van der Waals surface area contributed by atoms with Gasteiger partial charge in [-0.05, 0) is 56.9 Å². The van der Waals surface area contributed by atoms with E-state index in [1.807, 2.05) is 32.0 Å². The Morgan fingerprint density at radius 2 is 2.06 bits per heavy atom. The zero-order chi connectivity index (χ0) is 12.2. The molecule has 0 saturated heterocycles. The first kappa shape index (κ1) is 13.3. The number of methoxy groups -OCH3 is 1. The van der Waals surface area contributed by atoms with Crippen molar-refractivity contribution in [2.75, 3.05) is 7.11 Å². The van der Waals surface area contributed by atoms with Gasteiger partial charge in [0.15, 0.2) is 0 Å². The molecule has 0 unspecified atom stereocenters. The molecule has 0 aliphatic rings. The summed E-state index contributed by atoms with van der Waals surface area (Å²) in [5.41, 5.74) is 6.99. The van der Waals surface area contributed by atoms with Gasteiger partial charge in [-0.3, -0.25) is 0 Å². The highest BCUT2D eigenvalue weighted by molar-refractivity contribution is 6.30. The van der Waals surface area contributed by atoms with E-state index in [1.165, 1.54) is 0 Å². The van der Waals surface area contributed by atoms with E-state index in [1.54, 1.807) is 7.11 Å². The first-order chi connectivity index (χ1) is 7.42. The Labute approximate surface area is 103 Å². The average molecular weight is 242 g/mol. The zero-order valence-electron chi connectivity index (χ0n) is 10.2. The number of ether oxygens (including phenoxy) is 1. The van der Waals surface area contributed by atoms with Gasteiger partial charge in [-0.1, -0.05) is 11.6 Å². The van der Waals surface area contributed by atoms with Gasteiger partial charge in [-0.15, -0.1) is 0 Å².